The van der Waals surface area contributed by atoms with Crippen LogP contribution in [0.4, 0.5) is 0 Å². The molecule has 0 amide bonds. The van der Waals surface area contributed by atoms with Gasteiger partial charge in [0.15, 0.2) is 0 Å². The Hall–Kier alpha value is -1.43. The first-order valence-corrected chi connectivity index (χ1v) is 6.02. The molecule has 1 aromatic heterocycles. The van der Waals surface area contributed by atoms with E-state index in [0.717, 1.165) is 12.8 Å². The fraction of sp³-hybridized carbons (Fsp3) is 0.727. The quantitative estimate of drug-likeness (QED) is 0.674. The summed E-state index contributed by atoms with van der Waals surface area (Å²) in [6, 6.07) is -0.219. The van der Waals surface area contributed by atoms with Crippen molar-refractivity contribution in [1.82, 2.24) is 20.3 Å². The molecule has 1 aromatic rings. The third kappa shape index (κ3) is 4.95. The fourth-order valence-electron chi connectivity index (χ4n) is 1.54. The van der Waals surface area contributed by atoms with Gasteiger partial charge in [-0.05, 0) is 13.3 Å². The fourth-order valence-corrected chi connectivity index (χ4v) is 1.54. The minimum absolute atomic E-state index is 0.173. The summed E-state index contributed by atoms with van der Waals surface area (Å²) in [5, 5.41) is 10.7. The second kappa shape index (κ2) is 7.78. The third-order valence-electron chi connectivity index (χ3n) is 2.35. The molecule has 0 aliphatic heterocycles. The normalized spacial score (nSPS) is 12.4. The lowest BCUT2D eigenvalue weighted by Crippen LogP contribution is -2.39. The summed E-state index contributed by atoms with van der Waals surface area (Å²) in [5.74, 6) is -0.173. The van der Waals surface area contributed by atoms with Gasteiger partial charge < -0.3 is 10.1 Å². The van der Waals surface area contributed by atoms with Crippen molar-refractivity contribution >= 4 is 5.97 Å². The number of hydrogen-bond acceptors (Lipinski definition) is 5. The van der Waals surface area contributed by atoms with Gasteiger partial charge in [-0.3, -0.25) is 9.48 Å². The van der Waals surface area contributed by atoms with Crippen LogP contribution in [0.2, 0.25) is 0 Å². The van der Waals surface area contributed by atoms with Gasteiger partial charge in [0.2, 0.25) is 0 Å². The first-order chi connectivity index (χ1) is 8.27. The Morgan fingerprint density at radius 2 is 2.35 bits per heavy atom. The standard InChI is InChI=1S/C11H20N4O2/c1-3-5-10(11(16)17-4-2)12-6-8-15-9-7-13-14-15/h7,9-10,12H,3-6,8H2,1-2H3. The molecule has 0 saturated heterocycles. The zero-order valence-corrected chi connectivity index (χ0v) is 10.4. The molecule has 1 N–H and O–H groups in total. The smallest absolute Gasteiger partial charge is 0.323 e. The van der Waals surface area contributed by atoms with Crippen molar-refractivity contribution in [2.75, 3.05) is 13.2 Å². The van der Waals surface area contributed by atoms with Gasteiger partial charge in [0.05, 0.1) is 19.3 Å². The Labute approximate surface area is 101 Å². The Morgan fingerprint density at radius 3 is 2.94 bits per heavy atom. The van der Waals surface area contributed by atoms with Crippen LogP contribution in [0.5, 0.6) is 0 Å². The summed E-state index contributed by atoms with van der Waals surface area (Å²) in [7, 11) is 0. The number of aromatic nitrogens is 3. The average molecular weight is 240 g/mol. The van der Waals surface area contributed by atoms with E-state index in [0.29, 0.717) is 19.7 Å². The lowest BCUT2D eigenvalue weighted by Gasteiger charge is -2.16. The highest BCUT2D eigenvalue weighted by atomic mass is 16.5. The highest BCUT2D eigenvalue weighted by Crippen LogP contribution is 1.99. The van der Waals surface area contributed by atoms with Crippen LogP contribution in [0, 0.1) is 0 Å². The second-order valence-electron chi connectivity index (χ2n) is 3.71. The summed E-state index contributed by atoms with van der Waals surface area (Å²) in [6.45, 7) is 5.65. The van der Waals surface area contributed by atoms with Gasteiger partial charge in [-0.15, -0.1) is 5.10 Å². The van der Waals surface area contributed by atoms with E-state index in [9.17, 15) is 4.79 Å². The van der Waals surface area contributed by atoms with Crippen molar-refractivity contribution in [3.05, 3.63) is 12.4 Å². The Balaban J connectivity index is 2.31. The molecule has 0 saturated carbocycles. The zero-order valence-electron chi connectivity index (χ0n) is 10.4. The molecule has 1 rings (SSSR count). The molecule has 0 aliphatic carbocycles. The van der Waals surface area contributed by atoms with E-state index in [-0.39, 0.29) is 12.0 Å². The summed E-state index contributed by atoms with van der Waals surface area (Å²) < 4.78 is 6.73. The highest BCUT2D eigenvalue weighted by molar-refractivity contribution is 5.75. The van der Waals surface area contributed by atoms with Gasteiger partial charge in [0.25, 0.3) is 0 Å². The minimum atomic E-state index is -0.219. The number of esters is 1. The molecule has 0 radical (unpaired) electrons. The molecule has 96 valence electrons. The van der Waals surface area contributed by atoms with Crippen LogP contribution in [-0.4, -0.2) is 40.2 Å². The van der Waals surface area contributed by atoms with Crippen molar-refractivity contribution in [3.63, 3.8) is 0 Å². The van der Waals surface area contributed by atoms with E-state index < -0.39 is 0 Å². The van der Waals surface area contributed by atoms with E-state index in [1.54, 1.807) is 17.1 Å². The maximum absolute atomic E-state index is 11.6. The number of carbonyl (C=O) groups is 1. The largest absolute Gasteiger partial charge is 0.465 e. The van der Waals surface area contributed by atoms with Gasteiger partial charge in [0, 0.05) is 12.7 Å². The number of carbonyl (C=O) groups excluding carboxylic acids is 1. The van der Waals surface area contributed by atoms with E-state index in [4.69, 9.17) is 4.74 Å². The molecule has 17 heavy (non-hydrogen) atoms. The van der Waals surface area contributed by atoms with E-state index in [1.165, 1.54) is 0 Å². The maximum atomic E-state index is 11.6. The zero-order chi connectivity index (χ0) is 12.5. The number of rotatable bonds is 8. The number of nitrogens with one attached hydrogen (secondary N) is 1. The van der Waals surface area contributed by atoms with Gasteiger partial charge in [0.1, 0.15) is 6.04 Å². The van der Waals surface area contributed by atoms with Crippen LogP contribution in [0.1, 0.15) is 26.7 Å². The Kier molecular flexibility index (Phi) is 6.24. The maximum Gasteiger partial charge on any atom is 0.323 e. The molecular formula is C11H20N4O2. The van der Waals surface area contributed by atoms with Gasteiger partial charge >= 0.3 is 5.97 Å². The predicted molar refractivity (Wildman–Crippen MR) is 63.4 cm³/mol. The van der Waals surface area contributed by atoms with Crippen LogP contribution >= 0.6 is 0 Å². The summed E-state index contributed by atoms with van der Waals surface area (Å²) in [6.07, 6.45) is 5.16. The molecular weight excluding hydrogens is 220 g/mol. The van der Waals surface area contributed by atoms with Crippen LogP contribution in [-0.2, 0) is 16.1 Å². The summed E-state index contributed by atoms with van der Waals surface area (Å²) in [5.41, 5.74) is 0. The third-order valence-corrected chi connectivity index (χ3v) is 2.35. The van der Waals surface area contributed by atoms with E-state index in [1.807, 2.05) is 13.8 Å². The summed E-state index contributed by atoms with van der Waals surface area (Å²) >= 11 is 0. The number of nitrogens with zero attached hydrogens (tertiary/aromatic N) is 3. The van der Waals surface area contributed by atoms with E-state index in [2.05, 4.69) is 15.6 Å². The second-order valence-corrected chi connectivity index (χ2v) is 3.71. The lowest BCUT2D eigenvalue weighted by atomic mass is 10.1. The van der Waals surface area contributed by atoms with E-state index >= 15 is 0 Å². The molecule has 1 heterocycles. The molecule has 0 spiro atoms. The SMILES string of the molecule is CCCC(NCCn1ccnn1)C(=O)OCC. The molecule has 0 fully saturated rings. The Bertz CT molecular complexity index is 313. The van der Waals surface area contributed by atoms with Crippen molar-refractivity contribution in [3.8, 4) is 0 Å². The van der Waals surface area contributed by atoms with Crippen molar-refractivity contribution in [2.24, 2.45) is 0 Å². The van der Waals surface area contributed by atoms with Crippen LogP contribution < -0.4 is 5.32 Å². The van der Waals surface area contributed by atoms with Gasteiger partial charge in [-0.25, -0.2) is 0 Å². The topological polar surface area (TPSA) is 69.0 Å². The van der Waals surface area contributed by atoms with Crippen LogP contribution in [0.25, 0.3) is 0 Å². The molecule has 6 heteroatoms. The first kappa shape index (κ1) is 13.6. The van der Waals surface area contributed by atoms with Crippen molar-refractivity contribution in [2.45, 2.75) is 39.3 Å². The molecule has 0 aromatic carbocycles. The van der Waals surface area contributed by atoms with Crippen molar-refractivity contribution in [1.29, 1.82) is 0 Å². The molecule has 0 bridgehead atoms. The summed E-state index contributed by atoms with van der Waals surface area (Å²) in [4.78, 5) is 11.6. The van der Waals surface area contributed by atoms with Crippen molar-refractivity contribution < 1.29 is 9.53 Å². The Morgan fingerprint density at radius 1 is 1.53 bits per heavy atom. The van der Waals surface area contributed by atoms with Gasteiger partial charge in [-0.1, -0.05) is 18.6 Å². The number of hydrogen-bond donors (Lipinski definition) is 1. The lowest BCUT2D eigenvalue weighted by molar-refractivity contribution is -0.145. The monoisotopic (exact) mass is 240 g/mol. The molecule has 1 atom stereocenters. The van der Waals surface area contributed by atoms with Crippen LogP contribution in [0.3, 0.4) is 0 Å². The molecule has 0 aliphatic rings. The predicted octanol–water partition coefficient (Wildman–Crippen LogP) is 0.599. The van der Waals surface area contributed by atoms with Crippen LogP contribution in [0.15, 0.2) is 12.4 Å². The molecule has 6 nitrogen and oxygen atoms in total. The molecule has 1 unspecified atom stereocenters. The number of ether oxygens (including phenoxy) is 1. The average Bonchev–Trinajstić information content (AvgIpc) is 2.81. The minimum Gasteiger partial charge on any atom is -0.465 e. The first-order valence-electron chi connectivity index (χ1n) is 6.02. The highest BCUT2D eigenvalue weighted by Gasteiger charge is 2.17. The van der Waals surface area contributed by atoms with Gasteiger partial charge in [-0.2, -0.15) is 0 Å².